The van der Waals surface area contributed by atoms with Crippen molar-refractivity contribution in [3.8, 4) is 0 Å². The minimum Gasteiger partial charge on any atom is -0.417 e. The third kappa shape index (κ3) is 2.96. The van der Waals surface area contributed by atoms with E-state index >= 15 is 0 Å². The van der Waals surface area contributed by atoms with E-state index in [1.807, 2.05) is 13.0 Å². The van der Waals surface area contributed by atoms with Gasteiger partial charge in [-0.25, -0.2) is 4.79 Å². The number of ketones is 1. The minimum atomic E-state index is -0.580. The van der Waals surface area contributed by atoms with E-state index < -0.39 is 11.5 Å². The van der Waals surface area contributed by atoms with Gasteiger partial charge in [0.15, 0.2) is 11.5 Å². The van der Waals surface area contributed by atoms with E-state index in [-0.39, 0.29) is 11.5 Å². The van der Waals surface area contributed by atoms with Crippen LogP contribution in [0.1, 0.15) is 33.4 Å². The van der Waals surface area contributed by atoms with Crippen molar-refractivity contribution in [2.75, 3.05) is 5.32 Å². The van der Waals surface area contributed by atoms with Crippen LogP contribution in [0, 0.1) is 6.92 Å². The number of hydrogen-bond acceptors (Lipinski definition) is 4. The number of carbonyl (C=O) groups is 2. The summed E-state index contributed by atoms with van der Waals surface area (Å²) in [7, 11) is 0. The first-order chi connectivity index (χ1) is 11.5. The van der Waals surface area contributed by atoms with E-state index in [9.17, 15) is 14.4 Å². The van der Waals surface area contributed by atoms with E-state index in [0.29, 0.717) is 22.0 Å². The summed E-state index contributed by atoms with van der Waals surface area (Å²) in [5.74, 6) is -0.848. The molecule has 0 spiro atoms. The zero-order valence-corrected chi connectivity index (χ0v) is 13.3. The maximum absolute atomic E-state index is 12.4. The molecule has 3 rings (SSSR count). The summed E-state index contributed by atoms with van der Waals surface area (Å²) in [6, 6.07) is 13.5. The molecule has 0 saturated carbocycles. The summed E-state index contributed by atoms with van der Waals surface area (Å²) in [6.07, 6.45) is 0. The zero-order valence-electron chi connectivity index (χ0n) is 13.3. The summed E-state index contributed by atoms with van der Waals surface area (Å²) < 4.78 is 5.13. The predicted octanol–water partition coefficient (Wildman–Crippen LogP) is 3.56. The third-order valence-electron chi connectivity index (χ3n) is 3.70. The number of carbonyl (C=O) groups excluding carboxylic acids is 2. The van der Waals surface area contributed by atoms with Gasteiger partial charge in [0.1, 0.15) is 0 Å². The molecule has 1 N–H and O–H groups in total. The first kappa shape index (κ1) is 15.7. The minimum absolute atomic E-state index is 0.102. The van der Waals surface area contributed by atoms with Crippen LogP contribution in [0.4, 0.5) is 5.69 Å². The van der Waals surface area contributed by atoms with Gasteiger partial charge in [-0.3, -0.25) is 9.59 Å². The summed E-state index contributed by atoms with van der Waals surface area (Å²) in [4.78, 5) is 36.1. The fourth-order valence-electron chi connectivity index (χ4n) is 2.49. The fourth-order valence-corrected chi connectivity index (χ4v) is 2.49. The number of para-hydroxylation sites is 1. The summed E-state index contributed by atoms with van der Waals surface area (Å²) in [5, 5.41) is 3.67. The van der Waals surface area contributed by atoms with Crippen molar-refractivity contribution in [1.29, 1.82) is 0 Å². The lowest BCUT2D eigenvalue weighted by atomic mass is 10.1. The van der Waals surface area contributed by atoms with Crippen molar-refractivity contribution in [3.05, 3.63) is 75.8 Å². The van der Waals surface area contributed by atoms with Crippen LogP contribution in [0.15, 0.2) is 57.7 Å². The third-order valence-corrected chi connectivity index (χ3v) is 3.70. The molecule has 1 aromatic heterocycles. The van der Waals surface area contributed by atoms with Crippen LogP contribution in [0.5, 0.6) is 0 Å². The zero-order chi connectivity index (χ0) is 17.3. The number of amides is 1. The molecular formula is C19H15NO4. The van der Waals surface area contributed by atoms with Gasteiger partial charge in [-0.2, -0.15) is 0 Å². The molecule has 0 fully saturated rings. The van der Waals surface area contributed by atoms with Gasteiger partial charge >= 0.3 is 5.63 Å². The maximum atomic E-state index is 12.4. The quantitative estimate of drug-likeness (QED) is 0.748. The predicted molar refractivity (Wildman–Crippen MR) is 91.6 cm³/mol. The number of fused-ring (bicyclic) bond motifs is 1. The van der Waals surface area contributed by atoms with Crippen molar-refractivity contribution in [2.24, 2.45) is 0 Å². The van der Waals surface area contributed by atoms with Crippen LogP contribution in [-0.4, -0.2) is 11.7 Å². The normalized spacial score (nSPS) is 10.6. The number of aryl methyl sites for hydroxylation is 1. The fraction of sp³-hybridized carbons (Fsp3) is 0.105. The first-order valence-corrected chi connectivity index (χ1v) is 7.41. The van der Waals surface area contributed by atoms with Gasteiger partial charge in [-0.05, 0) is 43.5 Å². The molecule has 120 valence electrons. The highest BCUT2D eigenvalue weighted by Crippen LogP contribution is 2.18. The van der Waals surface area contributed by atoms with Gasteiger partial charge in [0, 0.05) is 5.56 Å². The number of hydrogen-bond donors (Lipinski definition) is 1. The molecule has 24 heavy (non-hydrogen) atoms. The van der Waals surface area contributed by atoms with Crippen molar-refractivity contribution in [3.63, 3.8) is 0 Å². The van der Waals surface area contributed by atoms with Crippen molar-refractivity contribution in [2.45, 2.75) is 13.8 Å². The standard InChI is InChI=1S/C19H15NO4/c1-11-7-8-13-10-17(24-19(23)15(13)9-11)18(22)20-16-6-4-3-5-14(16)12(2)21/h3-10H,1-2H3,(H,20,22). The molecular weight excluding hydrogens is 306 g/mol. The molecule has 0 saturated heterocycles. The Morgan fingerprint density at radius 1 is 1.04 bits per heavy atom. The van der Waals surface area contributed by atoms with Crippen LogP contribution in [-0.2, 0) is 0 Å². The van der Waals surface area contributed by atoms with Crippen molar-refractivity contribution < 1.29 is 14.0 Å². The van der Waals surface area contributed by atoms with Crippen molar-refractivity contribution >= 4 is 28.2 Å². The summed E-state index contributed by atoms with van der Waals surface area (Å²) in [6.45, 7) is 3.29. The summed E-state index contributed by atoms with van der Waals surface area (Å²) >= 11 is 0. The lowest BCUT2D eigenvalue weighted by Gasteiger charge is -2.08. The molecule has 5 heteroatoms. The molecule has 1 amide bonds. The lowest BCUT2D eigenvalue weighted by molar-refractivity contribution is 0.0993. The molecule has 0 unspecified atom stereocenters. The Hall–Kier alpha value is -3.21. The van der Waals surface area contributed by atoms with Gasteiger partial charge in [0.2, 0.25) is 0 Å². The van der Waals surface area contributed by atoms with Gasteiger partial charge in [0.05, 0.1) is 11.1 Å². The van der Waals surface area contributed by atoms with Crippen LogP contribution in [0.3, 0.4) is 0 Å². The average Bonchev–Trinajstić information content (AvgIpc) is 2.55. The first-order valence-electron chi connectivity index (χ1n) is 7.41. The molecule has 0 aliphatic heterocycles. The number of benzene rings is 2. The summed E-state index contributed by atoms with van der Waals surface area (Å²) in [5.41, 5.74) is 1.13. The van der Waals surface area contributed by atoms with Crippen LogP contribution < -0.4 is 10.9 Å². The Labute approximate surface area is 137 Å². The van der Waals surface area contributed by atoms with Crippen LogP contribution >= 0.6 is 0 Å². The second-order valence-electron chi connectivity index (χ2n) is 5.54. The molecule has 2 aromatic carbocycles. The molecule has 0 bridgehead atoms. The SMILES string of the molecule is CC(=O)c1ccccc1NC(=O)c1cc2ccc(C)cc2c(=O)o1. The van der Waals surface area contributed by atoms with E-state index in [2.05, 4.69) is 5.32 Å². The lowest BCUT2D eigenvalue weighted by Crippen LogP contribution is -2.16. The molecule has 1 heterocycles. The second kappa shape index (κ2) is 6.12. The number of rotatable bonds is 3. The van der Waals surface area contributed by atoms with Crippen molar-refractivity contribution in [1.82, 2.24) is 0 Å². The van der Waals surface area contributed by atoms with Gasteiger partial charge in [-0.15, -0.1) is 0 Å². The Morgan fingerprint density at radius 3 is 2.54 bits per heavy atom. The smallest absolute Gasteiger partial charge is 0.344 e. The Balaban J connectivity index is 2.00. The molecule has 5 nitrogen and oxygen atoms in total. The Morgan fingerprint density at radius 2 is 1.79 bits per heavy atom. The molecule has 3 aromatic rings. The number of nitrogens with one attached hydrogen (secondary N) is 1. The number of Topliss-reactive ketones (excluding diaryl/α,β-unsaturated/α-hetero) is 1. The largest absolute Gasteiger partial charge is 0.417 e. The van der Waals surface area contributed by atoms with E-state index in [0.717, 1.165) is 5.56 Å². The molecule has 0 aliphatic rings. The van der Waals surface area contributed by atoms with Crippen LogP contribution in [0.2, 0.25) is 0 Å². The highest BCUT2D eigenvalue weighted by atomic mass is 16.4. The van der Waals surface area contributed by atoms with E-state index in [4.69, 9.17) is 4.42 Å². The van der Waals surface area contributed by atoms with Gasteiger partial charge in [0.25, 0.3) is 5.91 Å². The van der Waals surface area contributed by atoms with Gasteiger partial charge < -0.3 is 9.73 Å². The Kier molecular flexibility index (Phi) is 4.00. The maximum Gasteiger partial charge on any atom is 0.344 e. The topological polar surface area (TPSA) is 76.4 Å². The van der Waals surface area contributed by atoms with E-state index in [1.165, 1.54) is 13.0 Å². The van der Waals surface area contributed by atoms with E-state index in [1.54, 1.807) is 36.4 Å². The average molecular weight is 321 g/mol. The highest BCUT2D eigenvalue weighted by molar-refractivity contribution is 6.08. The van der Waals surface area contributed by atoms with Crippen LogP contribution in [0.25, 0.3) is 10.8 Å². The highest BCUT2D eigenvalue weighted by Gasteiger charge is 2.15. The van der Waals surface area contributed by atoms with Gasteiger partial charge in [-0.1, -0.05) is 29.8 Å². The molecule has 0 aliphatic carbocycles. The monoisotopic (exact) mass is 321 g/mol. The molecule has 0 atom stereocenters. The Bertz CT molecular complexity index is 1020. The molecule has 0 radical (unpaired) electrons. The second-order valence-corrected chi connectivity index (χ2v) is 5.54. The number of anilines is 1.